The largest absolute Gasteiger partial charge is 0.493 e. The van der Waals surface area contributed by atoms with Gasteiger partial charge in [0.05, 0.1) is 16.6 Å². The average Bonchev–Trinajstić information content (AvgIpc) is 2.96. The SMILES string of the molecule is O=C(O)N1[C@@H]2CC[C@H]1[C@@H](COc1c(Cl)c(Br)c(F)c3nc(Cl)nc(O)c13)NC2. The van der Waals surface area contributed by atoms with Gasteiger partial charge in [0, 0.05) is 12.6 Å². The lowest BCUT2D eigenvalue weighted by atomic mass is 10.1. The Morgan fingerprint density at radius 3 is 2.86 bits per heavy atom. The van der Waals surface area contributed by atoms with Crippen LogP contribution in [0.25, 0.3) is 10.9 Å². The Morgan fingerprint density at radius 2 is 2.14 bits per heavy atom. The van der Waals surface area contributed by atoms with Crippen molar-refractivity contribution in [2.45, 2.75) is 31.0 Å². The second kappa shape index (κ2) is 7.33. The molecule has 2 aliphatic heterocycles. The van der Waals surface area contributed by atoms with E-state index >= 15 is 0 Å². The quantitative estimate of drug-likeness (QED) is 0.442. The third-order valence-electron chi connectivity index (χ3n) is 5.14. The van der Waals surface area contributed by atoms with E-state index in [1.165, 1.54) is 4.90 Å². The lowest BCUT2D eigenvalue weighted by molar-refractivity contribution is 0.0785. The second-order valence-corrected chi connectivity index (χ2v) is 8.13. The van der Waals surface area contributed by atoms with Crippen molar-refractivity contribution in [1.29, 1.82) is 0 Å². The molecule has 0 saturated carbocycles. The maximum Gasteiger partial charge on any atom is 0.407 e. The van der Waals surface area contributed by atoms with Crippen LogP contribution in [0, 0.1) is 5.82 Å². The van der Waals surface area contributed by atoms with Crippen LogP contribution in [-0.2, 0) is 0 Å². The predicted octanol–water partition coefficient (Wildman–Crippen LogP) is 3.41. The number of fused-ring (bicyclic) bond motifs is 3. The summed E-state index contributed by atoms with van der Waals surface area (Å²) >= 11 is 15.0. The zero-order valence-corrected chi connectivity index (χ0v) is 17.2. The molecule has 3 atom stereocenters. The van der Waals surface area contributed by atoms with Crippen molar-refractivity contribution in [3.8, 4) is 11.6 Å². The number of halogens is 4. The van der Waals surface area contributed by atoms with E-state index in [1.807, 2.05) is 0 Å². The molecule has 1 aromatic carbocycles. The van der Waals surface area contributed by atoms with Gasteiger partial charge in [-0.3, -0.25) is 4.90 Å². The van der Waals surface area contributed by atoms with Crippen LogP contribution in [0.2, 0.25) is 10.3 Å². The monoisotopic (exact) mass is 494 g/mol. The van der Waals surface area contributed by atoms with Gasteiger partial charge in [0.15, 0.2) is 11.6 Å². The van der Waals surface area contributed by atoms with Crippen molar-refractivity contribution < 1.29 is 24.1 Å². The van der Waals surface area contributed by atoms with Crippen LogP contribution in [0.4, 0.5) is 9.18 Å². The molecule has 12 heteroatoms. The Bertz CT molecular complexity index is 982. The molecule has 2 aliphatic rings. The maximum absolute atomic E-state index is 14.5. The zero-order chi connectivity index (χ0) is 20.2. The highest BCUT2D eigenvalue weighted by Gasteiger charge is 2.45. The molecule has 3 heterocycles. The molecule has 0 spiro atoms. The Hall–Kier alpha value is -1.62. The number of carbonyl (C=O) groups is 1. The first-order chi connectivity index (χ1) is 13.3. The van der Waals surface area contributed by atoms with E-state index in [2.05, 4.69) is 31.2 Å². The van der Waals surface area contributed by atoms with Gasteiger partial charge >= 0.3 is 6.09 Å². The summed E-state index contributed by atoms with van der Waals surface area (Å²) < 4.78 is 20.3. The third-order valence-corrected chi connectivity index (χ3v) is 6.64. The Balaban J connectivity index is 1.68. The molecule has 1 aromatic heterocycles. The molecule has 2 saturated heterocycles. The summed E-state index contributed by atoms with van der Waals surface area (Å²) in [5, 5.41) is 22.4. The number of carboxylic acid groups (broad SMARTS) is 1. The molecule has 1 amide bonds. The van der Waals surface area contributed by atoms with Crippen molar-refractivity contribution in [1.82, 2.24) is 20.2 Å². The summed E-state index contributed by atoms with van der Waals surface area (Å²) in [4.78, 5) is 20.4. The van der Waals surface area contributed by atoms with Gasteiger partial charge in [0.2, 0.25) is 11.2 Å². The van der Waals surface area contributed by atoms with E-state index in [0.717, 1.165) is 6.42 Å². The molecule has 2 aromatic rings. The minimum atomic E-state index is -0.965. The van der Waals surface area contributed by atoms with Crippen LogP contribution in [-0.4, -0.2) is 62.5 Å². The van der Waals surface area contributed by atoms with E-state index in [-0.39, 0.29) is 56.2 Å². The second-order valence-electron chi connectivity index (χ2n) is 6.63. The molecule has 2 fully saturated rings. The smallest absolute Gasteiger partial charge is 0.407 e. The molecule has 150 valence electrons. The molecule has 3 N–H and O–H groups in total. The van der Waals surface area contributed by atoms with Gasteiger partial charge < -0.3 is 20.3 Å². The minimum absolute atomic E-state index is 0.0112. The summed E-state index contributed by atoms with van der Waals surface area (Å²) in [5.74, 6) is -1.38. The van der Waals surface area contributed by atoms with E-state index < -0.39 is 17.8 Å². The summed E-state index contributed by atoms with van der Waals surface area (Å²) in [6.07, 6.45) is 0.524. The van der Waals surface area contributed by atoms with Crippen molar-refractivity contribution in [2.24, 2.45) is 0 Å². The van der Waals surface area contributed by atoms with Crippen molar-refractivity contribution >= 4 is 56.1 Å². The number of hydrogen-bond donors (Lipinski definition) is 3. The Morgan fingerprint density at radius 1 is 1.39 bits per heavy atom. The predicted molar refractivity (Wildman–Crippen MR) is 103 cm³/mol. The van der Waals surface area contributed by atoms with Gasteiger partial charge in [0.25, 0.3) is 0 Å². The maximum atomic E-state index is 14.5. The van der Waals surface area contributed by atoms with E-state index in [4.69, 9.17) is 27.9 Å². The topological polar surface area (TPSA) is 108 Å². The average molecular weight is 496 g/mol. The minimum Gasteiger partial charge on any atom is -0.493 e. The van der Waals surface area contributed by atoms with Crippen LogP contribution in [0.5, 0.6) is 11.6 Å². The van der Waals surface area contributed by atoms with Gasteiger partial charge in [-0.1, -0.05) is 11.6 Å². The third kappa shape index (κ3) is 3.12. The molecule has 28 heavy (non-hydrogen) atoms. The summed E-state index contributed by atoms with van der Waals surface area (Å²) in [7, 11) is 0. The first-order valence-electron chi connectivity index (χ1n) is 8.39. The number of ether oxygens (including phenoxy) is 1. The summed E-state index contributed by atoms with van der Waals surface area (Å²) in [5.41, 5.74) is -0.242. The van der Waals surface area contributed by atoms with E-state index in [0.29, 0.717) is 13.0 Å². The molecule has 0 aliphatic carbocycles. The number of rotatable bonds is 3. The fraction of sp³-hybridized carbons (Fsp3) is 0.438. The van der Waals surface area contributed by atoms with Gasteiger partial charge in [-0.15, -0.1) is 0 Å². The van der Waals surface area contributed by atoms with Crippen LogP contribution < -0.4 is 10.1 Å². The van der Waals surface area contributed by atoms with E-state index in [9.17, 15) is 19.4 Å². The number of hydrogen-bond acceptors (Lipinski definition) is 6. The van der Waals surface area contributed by atoms with Crippen LogP contribution in [0.3, 0.4) is 0 Å². The molecular formula is C16H14BrCl2FN4O4. The van der Waals surface area contributed by atoms with Gasteiger partial charge in [0.1, 0.15) is 22.5 Å². The number of piperazine rings is 1. The molecule has 8 nitrogen and oxygen atoms in total. The lowest BCUT2D eigenvalue weighted by Crippen LogP contribution is -2.61. The number of nitrogens with one attached hydrogen (secondary N) is 1. The van der Waals surface area contributed by atoms with Crippen LogP contribution >= 0.6 is 39.1 Å². The highest BCUT2D eigenvalue weighted by atomic mass is 79.9. The van der Waals surface area contributed by atoms with Gasteiger partial charge in [-0.25, -0.2) is 14.2 Å². The molecule has 2 bridgehead atoms. The van der Waals surface area contributed by atoms with Crippen LogP contribution in [0.1, 0.15) is 12.8 Å². The first-order valence-corrected chi connectivity index (χ1v) is 9.94. The number of benzene rings is 1. The lowest BCUT2D eigenvalue weighted by Gasteiger charge is -2.38. The Kier molecular flexibility index (Phi) is 5.15. The van der Waals surface area contributed by atoms with Crippen molar-refractivity contribution in [3.63, 3.8) is 0 Å². The van der Waals surface area contributed by atoms with Gasteiger partial charge in [-0.05, 0) is 40.4 Å². The summed E-state index contributed by atoms with van der Waals surface area (Å²) in [6, 6.07) is -0.590. The molecule has 0 radical (unpaired) electrons. The number of amides is 1. The normalized spacial score (nSPS) is 24.0. The fourth-order valence-electron chi connectivity index (χ4n) is 3.91. The van der Waals surface area contributed by atoms with Crippen molar-refractivity contribution in [3.05, 3.63) is 20.6 Å². The highest BCUT2D eigenvalue weighted by Crippen LogP contribution is 2.44. The van der Waals surface area contributed by atoms with Crippen molar-refractivity contribution in [2.75, 3.05) is 13.2 Å². The van der Waals surface area contributed by atoms with Crippen LogP contribution in [0.15, 0.2) is 4.47 Å². The van der Waals surface area contributed by atoms with E-state index in [1.54, 1.807) is 0 Å². The highest BCUT2D eigenvalue weighted by molar-refractivity contribution is 9.10. The summed E-state index contributed by atoms with van der Waals surface area (Å²) in [6.45, 7) is 0.568. The number of aromatic nitrogens is 2. The zero-order valence-electron chi connectivity index (χ0n) is 14.1. The Labute approximate surface area is 176 Å². The molecule has 0 unspecified atom stereocenters. The first kappa shape index (κ1) is 19.7. The molecule has 4 rings (SSSR count). The number of nitrogens with zero attached hydrogens (tertiary/aromatic N) is 3. The number of aromatic hydroxyl groups is 1. The van der Waals surface area contributed by atoms with Gasteiger partial charge in [-0.2, -0.15) is 4.98 Å². The molecular weight excluding hydrogens is 482 g/mol. The fourth-order valence-corrected chi connectivity index (χ4v) is 4.67. The standard InChI is InChI=1S/C16H14BrCl2FN4O4/c17-9-10(18)13(8-12(11(9)20)22-15(19)23-14(8)25)28-4-6-7-2-1-5(3-21-6)24(7)16(26)27/h5-7,21H,1-4H2,(H,26,27)(H,22,23,25)/t5-,6-,7+/m1/s1.